The number of carbonyl (C=O) groups is 1. The van der Waals surface area contributed by atoms with Crippen LogP contribution in [0, 0.1) is 13.8 Å². The summed E-state index contributed by atoms with van der Waals surface area (Å²) in [5.41, 5.74) is 2.00. The molecule has 1 aliphatic rings. The van der Waals surface area contributed by atoms with E-state index in [0.717, 1.165) is 11.1 Å². The van der Waals surface area contributed by atoms with Crippen LogP contribution in [0.2, 0.25) is 0 Å². The minimum absolute atomic E-state index is 0.119. The zero-order chi connectivity index (χ0) is 12.5. The Bertz CT molecular complexity index is 439. The highest BCUT2D eigenvalue weighted by atomic mass is 16.3. The Morgan fingerprint density at radius 2 is 2.18 bits per heavy atom. The molecular formula is C13H18N2O2. The first-order chi connectivity index (χ1) is 8.02. The van der Waals surface area contributed by atoms with Gasteiger partial charge in [-0.3, -0.25) is 4.79 Å². The highest BCUT2D eigenvalue weighted by Gasteiger charge is 2.34. The lowest BCUT2D eigenvalue weighted by atomic mass is 9.97. The Morgan fingerprint density at radius 3 is 2.76 bits per heavy atom. The topological polar surface area (TPSA) is 61.4 Å². The quantitative estimate of drug-likeness (QED) is 0.708. The lowest BCUT2D eigenvalue weighted by Gasteiger charge is -2.37. The second-order valence-electron chi connectivity index (χ2n) is 4.76. The molecule has 0 bridgehead atoms. The fourth-order valence-corrected chi connectivity index (χ4v) is 1.88. The van der Waals surface area contributed by atoms with Gasteiger partial charge in [0.15, 0.2) is 0 Å². The van der Waals surface area contributed by atoms with Crippen molar-refractivity contribution in [3.8, 4) is 0 Å². The molecule has 1 saturated heterocycles. The van der Waals surface area contributed by atoms with E-state index in [0.29, 0.717) is 25.2 Å². The van der Waals surface area contributed by atoms with E-state index in [1.54, 1.807) is 6.07 Å². The van der Waals surface area contributed by atoms with Crippen molar-refractivity contribution in [3.05, 3.63) is 34.9 Å². The van der Waals surface area contributed by atoms with Crippen molar-refractivity contribution in [2.75, 3.05) is 19.6 Å². The van der Waals surface area contributed by atoms with E-state index in [2.05, 4.69) is 10.6 Å². The maximum absolute atomic E-state index is 12.0. The summed E-state index contributed by atoms with van der Waals surface area (Å²) in [6.45, 7) is 5.30. The lowest BCUT2D eigenvalue weighted by Crippen LogP contribution is -2.64. The van der Waals surface area contributed by atoms with Gasteiger partial charge in [0.05, 0.1) is 0 Å². The molecule has 0 radical (unpaired) electrons. The third kappa shape index (κ3) is 2.48. The monoisotopic (exact) mass is 234 g/mol. The van der Waals surface area contributed by atoms with Gasteiger partial charge in [0, 0.05) is 25.2 Å². The molecule has 0 spiro atoms. The lowest BCUT2D eigenvalue weighted by molar-refractivity contribution is -0.00760. The van der Waals surface area contributed by atoms with Gasteiger partial charge >= 0.3 is 0 Å². The van der Waals surface area contributed by atoms with Crippen molar-refractivity contribution in [1.82, 2.24) is 10.6 Å². The van der Waals surface area contributed by atoms with Gasteiger partial charge < -0.3 is 15.7 Å². The number of aliphatic hydroxyl groups is 1. The van der Waals surface area contributed by atoms with E-state index in [4.69, 9.17) is 0 Å². The highest BCUT2D eigenvalue weighted by molar-refractivity contribution is 5.95. The molecule has 0 aromatic heterocycles. The van der Waals surface area contributed by atoms with Crippen LogP contribution in [-0.4, -0.2) is 36.2 Å². The van der Waals surface area contributed by atoms with Crippen molar-refractivity contribution in [1.29, 1.82) is 0 Å². The van der Waals surface area contributed by atoms with Gasteiger partial charge in [-0.25, -0.2) is 0 Å². The predicted octanol–water partition coefficient (Wildman–Crippen LogP) is 0.368. The SMILES string of the molecule is Cc1cccc(C(=O)NCC2(O)CNC2)c1C. The number of rotatable bonds is 3. The van der Waals surface area contributed by atoms with Crippen LogP contribution in [-0.2, 0) is 0 Å². The fourth-order valence-electron chi connectivity index (χ4n) is 1.88. The minimum Gasteiger partial charge on any atom is -0.385 e. The maximum atomic E-state index is 12.0. The molecule has 92 valence electrons. The number of carbonyl (C=O) groups excluding carboxylic acids is 1. The molecule has 1 aromatic carbocycles. The Labute approximate surface area is 101 Å². The number of aryl methyl sites for hydroxylation is 1. The van der Waals surface area contributed by atoms with Crippen molar-refractivity contribution in [2.24, 2.45) is 0 Å². The first-order valence-electron chi connectivity index (χ1n) is 5.79. The van der Waals surface area contributed by atoms with E-state index in [9.17, 15) is 9.90 Å². The molecule has 3 N–H and O–H groups in total. The summed E-state index contributed by atoms with van der Waals surface area (Å²) in [5, 5.41) is 15.6. The van der Waals surface area contributed by atoms with Crippen molar-refractivity contribution >= 4 is 5.91 Å². The van der Waals surface area contributed by atoms with Crippen LogP contribution in [0.25, 0.3) is 0 Å². The number of benzene rings is 1. The van der Waals surface area contributed by atoms with Gasteiger partial charge in [-0.1, -0.05) is 12.1 Å². The van der Waals surface area contributed by atoms with E-state index in [1.165, 1.54) is 0 Å². The van der Waals surface area contributed by atoms with Gasteiger partial charge in [-0.05, 0) is 31.0 Å². The largest absolute Gasteiger partial charge is 0.385 e. The van der Waals surface area contributed by atoms with Crippen molar-refractivity contribution in [3.63, 3.8) is 0 Å². The molecule has 1 aromatic rings. The summed E-state index contributed by atoms with van der Waals surface area (Å²) < 4.78 is 0. The molecule has 0 saturated carbocycles. The molecule has 17 heavy (non-hydrogen) atoms. The minimum atomic E-state index is -0.770. The Hall–Kier alpha value is -1.39. The maximum Gasteiger partial charge on any atom is 0.251 e. The number of β-amino-alcohol motifs (C(OH)–C–C–N with tert-alkyl or cyclic N) is 1. The van der Waals surface area contributed by atoms with Crippen LogP contribution < -0.4 is 10.6 Å². The average molecular weight is 234 g/mol. The van der Waals surface area contributed by atoms with Gasteiger partial charge in [0.2, 0.25) is 0 Å². The third-order valence-electron chi connectivity index (χ3n) is 3.34. The average Bonchev–Trinajstić information content (AvgIpc) is 2.27. The van der Waals surface area contributed by atoms with Crippen LogP contribution in [0.5, 0.6) is 0 Å². The second kappa shape index (κ2) is 4.47. The smallest absolute Gasteiger partial charge is 0.251 e. The molecule has 1 aliphatic heterocycles. The number of hydrogen-bond donors (Lipinski definition) is 3. The Balaban J connectivity index is 2.02. The molecule has 0 aliphatic carbocycles. The molecule has 0 atom stereocenters. The molecule has 0 unspecified atom stereocenters. The Kier molecular flexibility index (Phi) is 3.17. The molecule has 2 rings (SSSR count). The van der Waals surface area contributed by atoms with Crippen molar-refractivity contribution in [2.45, 2.75) is 19.4 Å². The molecule has 1 amide bonds. The van der Waals surface area contributed by atoms with E-state index in [1.807, 2.05) is 26.0 Å². The first kappa shape index (κ1) is 12.1. The van der Waals surface area contributed by atoms with E-state index < -0.39 is 5.60 Å². The van der Waals surface area contributed by atoms with Crippen LogP contribution in [0.3, 0.4) is 0 Å². The number of amides is 1. The third-order valence-corrected chi connectivity index (χ3v) is 3.34. The molecule has 1 fully saturated rings. The first-order valence-corrected chi connectivity index (χ1v) is 5.79. The van der Waals surface area contributed by atoms with Gasteiger partial charge in [-0.15, -0.1) is 0 Å². The zero-order valence-corrected chi connectivity index (χ0v) is 10.2. The van der Waals surface area contributed by atoms with E-state index >= 15 is 0 Å². The van der Waals surface area contributed by atoms with Crippen LogP contribution in [0.1, 0.15) is 21.5 Å². The number of hydrogen-bond acceptors (Lipinski definition) is 3. The summed E-state index contributed by atoms with van der Waals surface area (Å²) in [6, 6.07) is 5.66. The summed E-state index contributed by atoms with van der Waals surface area (Å²) in [4.78, 5) is 12.0. The summed E-state index contributed by atoms with van der Waals surface area (Å²) >= 11 is 0. The molecule has 4 nitrogen and oxygen atoms in total. The van der Waals surface area contributed by atoms with Crippen LogP contribution in [0.4, 0.5) is 0 Å². The van der Waals surface area contributed by atoms with E-state index in [-0.39, 0.29) is 5.91 Å². The molecular weight excluding hydrogens is 216 g/mol. The standard InChI is InChI=1S/C13H18N2O2/c1-9-4-3-5-11(10(9)2)12(16)15-8-13(17)6-14-7-13/h3-5,14,17H,6-8H2,1-2H3,(H,15,16). The predicted molar refractivity (Wildman–Crippen MR) is 66.1 cm³/mol. The molecule has 1 heterocycles. The fraction of sp³-hybridized carbons (Fsp3) is 0.462. The van der Waals surface area contributed by atoms with Crippen LogP contribution in [0.15, 0.2) is 18.2 Å². The summed E-state index contributed by atoms with van der Waals surface area (Å²) in [6.07, 6.45) is 0. The zero-order valence-electron chi connectivity index (χ0n) is 10.2. The summed E-state index contributed by atoms with van der Waals surface area (Å²) in [5.74, 6) is -0.119. The highest BCUT2D eigenvalue weighted by Crippen LogP contribution is 2.13. The van der Waals surface area contributed by atoms with Gasteiger partial charge in [0.25, 0.3) is 5.91 Å². The normalized spacial score (nSPS) is 17.4. The number of nitrogens with one attached hydrogen (secondary N) is 2. The molecule has 4 heteroatoms. The van der Waals surface area contributed by atoms with Gasteiger partial charge in [0.1, 0.15) is 5.60 Å². The van der Waals surface area contributed by atoms with Crippen molar-refractivity contribution < 1.29 is 9.90 Å². The van der Waals surface area contributed by atoms with Crippen LogP contribution >= 0.6 is 0 Å². The van der Waals surface area contributed by atoms with Gasteiger partial charge in [-0.2, -0.15) is 0 Å². The summed E-state index contributed by atoms with van der Waals surface area (Å²) in [7, 11) is 0. The second-order valence-corrected chi connectivity index (χ2v) is 4.76. The Morgan fingerprint density at radius 1 is 1.47 bits per heavy atom.